The summed E-state index contributed by atoms with van der Waals surface area (Å²) >= 11 is 0. The smallest absolute Gasteiger partial charge is 0.362 e. The number of nitrogens with zero attached hydrogens (tertiary/aromatic N) is 1. The van der Waals surface area contributed by atoms with Crippen LogP contribution < -0.4 is 0 Å². The monoisotopic (exact) mass is 253 g/mol. The first-order valence-electron chi connectivity index (χ1n) is 5.24. The minimum absolute atomic E-state index is 0.0743. The lowest BCUT2D eigenvalue weighted by Gasteiger charge is -2.30. The Kier molecular flexibility index (Phi) is 4.50. The Bertz CT molecular complexity index is 304. The quantitative estimate of drug-likeness (QED) is 0.754. The van der Waals surface area contributed by atoms with Gasteiger partial charge in [0.1, 0.15) is 19.0 Å². The summed E-state index contributed by atoms with van der Waals surface area (Å²) in [6.07, 6.45) is -4.17. The first-order valence-corrected chi connectivity index (χ1v) is 5.24. The second-order valence-corrected chi connectivity index (χ2v) is 4.07. The molecular weight excluding hydrogens is 239 g/mol. The van der Waals surface area contributed by atoms with Gasteiger partial charge in [0, 0.05) is 25.4 Å². The number of likely N-dealkylation sites (tertiary alicyclic amines) is 1. The van der Waals surface area contributed by atoms with E-state index in [-0.39, 0.29) is 31.2 Å². The van der Waals surface area contributed by atoms with Crippen molar-refractivity contribution in [1.82, 2.24) is 4.90 Å². The van der Waals surface area contributed by atoms with Gasteiger partial charge in [0.15, 0.2) is 0 Å². The van der Waals surface area contributed by atoms with Crippen molar-refractivity contribution in [3.63, 3.8) is 0 Å². The molecule has 4 nitrogen and oxygen atoms in total. The minimum atomic E-state index is -4.43. The molecule has 0 saturated carbocycles. The molecule has 1 heterocycles. The van der Waals surface area contributed by atoms with Crippen LogP contribution in [0.5, 0.6) is 0 Å². The van der Waals surface area contributed by atoms with E-state index in [0.717, 1.165) is 0 Å². The zero-order chi connectivity index (χ0) is 13.1. The number of carbonyl (C=O) groups is 2. The van der Waals surface area contributed by atoms with Crippen LogP contribution in [0.1, 0.15) is 13.3 Å². The molecule has 1 rings (SSSR count). The van der Waals surface area contributed by atoms with Gasteiger partial charge >= 0.3 is 6.18 Å². The van der Waals surface area contributed by atoms with E-state index in [1.165, 1.54) is 4.90 Å². The van der Waals surface area contributed by atoms with Gasteiger partial charge in [-0.25, -0.2) is 0 Å². The molecule has 1 aliphatic heterocycles. The summed E-state index contributed by atoms with van der Waals surface area (Å²) in [5.41, 5.74) is 0. The predicted octanol–water partition coefficient (Wildman–Crippen LogP) is 1.00. The molecule has 0 aromatic carbocycles. The van der Waals surface area contributed by atoms with E-state index < -0.39 is 25.3 Å². The number of ether oxygens (including phenoxy) is 1. The second-order valence-electron chi connectivity index (χ2n) is 4.07. The number of carbonyl (C=O) groups excluding carboxylic acids is 2. The lowest BCUT2D eigenvalue weighted by Crippen LogP contribution is -2.44. The van der Waals surface area contributed by atoms with Crippen molar-refractivity contribution in [2.45, 2.75) is 19.5 Å². The van der Waals surface area contributed by atoms with Gasteiger partial charge in [0.2, 0.25) is 5.91 Å². The number of hydrogen-bond acceptors (Lipinski definition) is 3. The van der Waals surface area contributed by atoms with Gasteiger partial charge in [0.25, 0.3) is 0 Å². The number of halogens is 3. The molecule has 7 heteroatoms. The van der Waals surface area contributed by atoms with E-state index in [1.54, 1.807) is 6.92 Å². The average Bonchev–Trinajstić information content (AvgIpc) is 2.20. The number of hydrogen-bond donors (Lipinski definition) is 0. The van der Waals surface area contributed by atoms with Crippen LogP contribution >= 0.6 is 0 Å². The number of piperidine rings is 1. The van der Waals surface area contributed by atoms with Crippen LogP contribution in [0, 0.1) is 5.92 Å². The van der Waals surface area contributed by atoms with Crippen molar-refractivity contribution < 1.29 is 27.5 Å². The molecule has 0 aliphatic carbocycles. The highest BCUT2D eigenvalue weighted by Crippen LogP contribution is 2.15. The molecule has 0 bridgehead atoms. The van der Waals surface area contributed by atoms with Gasteiger partial charge in [-0.3, -0.25) is 9.59 Å². The maximum atomic E-state index is 11.8. The van der Waals surface area contributed by atoms with E-state index >= 15 is 0 Å². The van der Waals surface area contributed by atoms with Crippen molar-refractivity contribution >= 4 is 11.7 Å². The Balaban J connectivity index is 2.31. The van der Waals surface area contributed by atoms with Crippen molar-refractivity contribution in [3.8, 4) is 0 Å². The van der Waals surface area contributed by atoms with Crippen LogP contribution in [0.25, 0.3) is 0 Å². The SMILES string of the molecule is CC1CN(C(=O)COCC(F)(F)F)CCC1=O. The summed E-state index contributed by atoms with van der Waals surface area (Å²) < 4.78 is 39.6. The molecule has 1 unspecified atom stereocenters. The van der Waals surface area contributed by atoms with E-state index in [0.29, 0.717) is 0 Å². The maximum Gasteiger partial charge on any atom is 0.411 e. The van der Waals surface area contributed by atoms with Crippen LogP contribution in [-0.2, 0) is 14.3 Å². The molecule has 1 fully saturated rings. The molecule has 0 aromatic rings. The van der Waals surface area contributed by atoms with Crippen LogP contribution in [0.2, 0.25) is 0 Å². The highest BCUT2D eigenvalue weighted by Gasteiger charge is 2.30. The summed E-state index contributed by atoms with van der Waals surface area (Å²) in [5.74, 6) is -0.686. The number of amides is 1. The first kappa shape index (κ1) is 14.0. The van der Waals surface area contributed by atoms with Crippen LogP contribution in [0.15, 0.2) is 0 Å². The molecule has 98 valence electrons. The Labute approximate surface area is 96.7 Å². The van der Waals surface area contributed by atoms with Gasteiger partial charge in [-0.2, -0.15) is 13.2 Å². The highest BCUT2D eigenvalue weighted by atomic mass is 19.4. The number of alkyl halides is 3. The molecule has 17 heavy (non-hydrogen) atoms. The van der Waals surface area contributed by atoms with Gasteiger partial charge in [-0.1, -0.05) is 6.92 Å². The van der Waals surface area contributed by atoms with Gasteiger partial charge in [-0.15, -0.1) is 0 Å². The van der Waals surface area contributed by atoms with E-state index in [4.69, 9.17) is 0 Å². The molecule has 0 radical (unpaired) electrons. The molecule has 1 atom stereocenters. The van der Waals surface area contributed by atoms with Crippen molar-refractivity contribution in [2.75, 3.05) is 26.3 Å². The number of Topliss-reactive ketones (excluding diaryl/α,β-unsaturated/α-hetero) is 1. The summed E-state index contributed by atoms with van der Waals surface area (Å²) in [7, 11) is 0. The van der Waals surface area contributed by atoms with E-state index in [2.05, 4.69) is 4.74 Å². The molecule has 0 aromatic heterocycles. The Morgan fingerprint density at radius 1 is 1.53 bits per heavy atom. The number of ketones is 1. The number of rotatable bonds is 3. The largest absolute Gasteiger partial charge is 0.411 e. The molecular formula is C10H14F3NO3. The third-order valence-corrected chi connectivity index (χ3v) is 2.52. The standard InChI is InChI=1S/C10H14F3NO3/c1-7-4-14(3-2-8(7)15)9(16)5-17-6-10(11,12)13/h7H,2-6H2,1H3. The fourth-order valence-electron chi connectivity index (χ4n) is 1.59. The molecule has 0 spiro atoms. The lowest BCUT2D eigenvalue weighted by atomic mass is 9.99. The second kappa shape index (κ2) is 5.48. The molecule has 1 saturated heterocycles. The normalized spacial score (nSPS) is 21.8. The van der Waals surface area contributed by atoms with Crippen LogP contribution in [0.3, 0.4) is 0 Å². The first-order chi connectivity index (χ1) is 7.79. The fraction of sp³-hybridized carbons (Fsp3) is 0.800. The van der Waals surface area contributed by atoms with E-state index in [1.807, 2.05) is 0 Å². The minimum Gasteiger partial charge on any atom is -0.362 e. The topological polar surface area (TPSA) is 46.6 Å². The third kappa shape index (κ3) is 4.72. The molecule has 0 N–H and O–H groups in total. The Hall–Kier alpha value is -1.11. The summed E-state index contributed by atoms with van der Waals surface area (Å²) in [5, 5.41) is 0. The zero-order valence-corrected chi connectivity index (χ0v) is 9.42. The molecule has 1 amide bonds. The van der Waals surface area contributed by atoms with Crippen molar-refractivity contribution in [2.24, 2.45) is 5.92 Å². The Morgan fingerprint density at radius 2 is 2.18 bits per heavy atom. The third-order valence-electron chi connectivity index (χ3n) is 2.52. The van der Waals surface area contributed by atoms with Crippen molar-refractivity contribution in [1.29, 1.82) is 0 Å². The fourth-order valence-corrected chi connectivity index (χ4v) is 1.59. The average molecular weight is 253 g/mol. The molecule has 1 aliphatic rings. The predicted molar refractivity (Wildman–Crippen MR) is 52.2 cm³/mol. The van der Waals surface area contributed by atoms with E-state index in [9.17, 15) is 22.8 Å². The maximum absolute atomic E-state index is 11.8. The Morgan fingerprint density at radius 3 is 2.71 bits per heavy atom. The van der Waals surface area contributed by atoms with Crippen LogP contribution in [-0.4, -0.2) is 49.1 Å². The van der Waals surface area contributed by atoms with Gasteiger partial charge in [-0.05, 0) is 0 Å². The highest BCUT2D eigenvalue weighted by molar-refractivity contribution is 5.85. The van der Waals surface area contributed by atoms with Gasteiger partial charge < -0.3 is 9.64 Å². The zero-order valence-electron chi connectivity index (χ0n) is 9.42. The lowest BCUT2D eigenvalue weighted by molar-refractivity contribution is -0.178. The van der Waals surface area contributed by atoms with Crippen LogP contribution in [0.4, 0.5) is 13.2 Å². The summed E-state index contributed by atoms with van der Waals surface area (Å²) in [4.78, 5) is 24.0. The van der Waals surface area contributed by atoms with Crippen molar-refractivity contribution in [3.05, 3.63) is 0 Å². The van der Waals surface area contributed by atoms with Gasteiger partial charge in [0.05, 0.1) is 0 Å². The summed E-state index contributed by atoms with van der Waals surface area (Å²) in [6, 6.07) is 0. The summed E-state index contributed by atoms with van der Waals surface area (Å²) in [6.45, 7) is 0.185.